The van der Waals surface area contributed by atoms with E-state index in [0.29, 0.717) is 22.7 Å². The number of fused-ring (bicyclic) bond motifs is 1. The van der Waals surface area contributed by atoms with Crippen LogP contribution in [0.25, 0.3) is 0 Å². The van der Waals surface area contributed by atoms with E-state index in [1.54, 1.807) is 6.08 Å². The number of carbonyl (C=O) groups is 1. The monoisotopic (exact) mass is 351 g/mol. The largest absolute Gasteiger partial charge is 0.456 e. The average molecular weight is 351 g/mol. The minimum absolute atomic E-state index is 0.0883. The normalized spacial score (nSPS) is 18.0. The van der Waals surface area contributed by atoms with E-state index >= 15 is 0 Å². The van der Waals surface area contributed by atoms with E-state index in [1.165, 1.54) is 4.57 Å². The molecule has 26 heavy (non-hydrogen) atoms. The number of cyclic esters (lactones) is 1. The highest BCUT2D eigenvalue weighted by atomic mass is 16.5. The first-order valence-electron chi connectivity index (χ1n) is 8.23. The summed E-state index contributed by atoms with van der Waals surface area (Å²) in [5.41, 5.74) is 2.08. The number of aromatic nitrogens is 2. The van der Waals surface area contributed by atoms with Gasteiger partial charge in [0, 0.05) is 6.54 Å². The molecule has 2 N–H and O–H groups in total. The molecule has 7 nitrogen and oxygen atoms in total. The molecule has 0 amide bonds. The summed E-state index contributed by atoms with van der Waals surface area (Å²) in [6.07, 6.45) is 1.57. The molecule has 4 rings (SSSR count). The third-order valence-corrected chi connectivity index (χ3v) is 4.66. The van der Waals surface area contributed by atoms with Crippen molar-refractivity contribution in [2.75, 3.05) is 11.9 Å². The summed E-state index contributed by atoms with van der Waals surface area (Å²) in [4.78, 5) is 39.7. The number of H-pyrrole nitrogens is 1. The second-order valence-corrected chi connectivity index (χ2v) is 6.36. The van der Waals surface area contributed by atoms with E-state index < -0.39 is 23.1 Å². The van der Waals surface area contributed by atoms with Gasteiger partial charge in [-0.2, -0.15) is 0 Å². The Kier molecular flexibility index (Phi) is 3.64. The van der Waals surface area contributed by atoms with Crippen molar-refractivity contribution in [1.29, 1.82) is 0 Å². The molecule has 0 saturated heterocycles. The van der Waals surface area contributed by atoms with Gasteiger partial charge in [-0.1, -0.05) is 35.9 Å². The SMILES string of the molecule is C=CCn1c2c(c(=O)[nH]c1=O)[C@@H](c1cccc(C)c1)C1=C(COC1=O)N2. The van der Waals surface area contributed by atoms with Crippen LogP contribution >= 0.6 is 0 Å². The molecule has 0 radical (unpaired) electrons. The molecule has 3 heterocycles. The van der Waals surface area contributed by atoms with Gasteiger partial charge in [0.25, 0.3) is 5.56 Å². The van der Waals surface area contributed by atoms with Gasteiger partial charge in [-0.05, 0) is 12.5 Å². The van der Waals surface area contributed by atoms with Crippen molar-refractivity contribution < 1.29 is 9.53 Å². The molecule has 2 aliphatic rings. The summed E-state index contributed by atoms with van der Waals surface area (Å²) >= 11 is 0. The Balaban J connectivity index is 2.06. The van der Waals surface area contributed by atoms with Crippen LogP contribution in [0.1, 0.15) is 22.6 Å². The molecule has 0 unspecified atom stereocenters. The van der Waals surface area contributed by atoms with Gasteiger partial charge in [0.2, 0.25) is 0 Å². The number of allylic oxidation sites excluding steroid dienone is 1. The van der Waals surface area contributed by atoms with Crippen LogP contribution in [0.3, 0.4) is 0 Å². The highest BCUT2D eigenvalue weighted by Gasteiger charge is 2.41. The number of nitrogens with one attached hydrogen (secondary N) is 2. The first kappa shape index (κ1) is 16.1. The van der Waals surface area contributed by atoms with Gasteiger partial charge < -0.3 is 10.1 Å². The molecule has 0 fully saturated rings. The van der Waals surface area contributed by atoms with E-state index in [0.717, 1.165) is 11.1 Å². The van der Waals surface area contributed by atoms with Gasteiger partial charge in [0.15, 0.2) is 0 Å². The smallest absolute Gasteiger partial charge is 0.337 e. The predicted molar refractivity (Wildman–Crippen MR) is 96.1 cm³/mol. The van der Waals surface area contributed by atoms with Crippen LogP contribution in [0.5, 0.6) is 0 Å². The van der Waals surface area contributed by atoms with E-state index in [4.69, 9.17) is 4.74 Å². The molecule has 0 bridgehead atoms. The first-order valence-corrected chi connectivity index (χ1v) is 8.23. The fourth-order valence-corrected chi connectivity index (χ4v) is 3.57. The quantitative estimate of drug-likeness (QED) is 0.644. The standard InChI is InChI=1S/C19H17N3O4/c1-3-7-22-16-15(17(23)21-19(22)25)13(11-6-4-5-10(2)8-11)14-12(20-16)9-26-18(14)24/h3-6,8,13,20H,1,7,9H2,2H3,(H,21,23,25)/t13-/m0/s1. The van der Waals surface area contributed by atoms with Crippen molar-refractivity contribution in [3.8, 4) is 0 Å². The zero-order valence-corrected chi connectivity index (χ0v) is 14.2. The number of nitrogens with zero attached hydrogens (tertiary/aromatic N) is 1. The second kappa shape index (κ2) is 5.87. The molecular formula is C19H17N3O4. The lowest BCUT2D eigenvalue weighted by atomic mass is 9.82. The lowest BCUT2D eigenvalue weighted by molar-refractivity contribution is -0.136. The number of aromatic amines is 1. The van der Waals surface area contributed by atoms with Gasteiger partial charge in [-0.3, -0.25) is 14.3 Å². The highest BCUT2D eigenvalue weighted by Crippen LogP contribution is 2.42. The van der Waals surface area contributed by atoms with Gasteiger partial charge in [-0.25, -0.2) is 9.59 Å². The highest BCUT2D eigenvalue weighted by molar-refractivity contribution is 5.96. The summed E-state index contributed by atoms with van der Waals surface area (Å²) in [7, 11) is 0. The van der Waals surface area contributed by atoms with E-state index in [2.05, 4.69) is 16.9 Å². The van der Waals surface area contributed by atoms with Gasteiger partial charge >= 0.3 is 11.7 Å². The number of rotatable bonds is 3. The van der Waals surface area contributed by atoms with Crippen LogP contribution in [0.15, 0.2) is 57.8 Å². The molecule has 0 aliphatic carbocycles. The number of carbonyl (C=O) groups excluding carboxylic acids is 1. The molecule has 2 aromatic rings. The summed E-state index contributed by atoms with van der Waals surface area (Å²) < 4.78 is 6.59. The Morgan fingerprint density at radius 2 is 2.15 bits per heavy atom. The second-order valence-electron chi connectivity index (χ2n) is 6.36. The Hall–Kier alpha value is -3.35. The Bertz CT molecular complexity index is 1090. The van der Waals surface area contributed by atoms with Crippen LogP contribution in [-0.2, 0) is 16.1 Å². The summed E-state index contributed by atoms with van der Waals surface area (Å²) in [5.74, 6) is -0.677. The molecule has 0 saturated carbocycles. The third-order valence-electron chi connectivity index (χ3n) is 4.66. The fourth-order valence-electron chi connectivity index (χ4n) is 3.57. The van der Waals surface area contributed by atoms with Crippen LogP contribution in [-0.4, -0.2) is 22.1 Å². The Morgan fingerprint density at radius 1 is 1.35 bits per heavy atom. The minimum Gasteiger partial charge on any atom is -0.456 e. The molecule has 1 atom stereocenters. The molecule has 132 valence electrons. The lowest BCUT2D eigenvalue weighted by Gasteiger charge is -2.28. The van der Waals surface area contributed by atoms with Crippen LogP contribution in [0, 0.1) is 6.92 Å². The van der Waals surface area contributed by atoms with Crippen molar-refractivity contribution in [2.24, 2.45) is 0 Å². The first-order chi connectivity index (χ1) is 12.5. The van der Waals surface area contributed by atoms with Gasteiger partial charge in [0.05, 0.1) is 22.8 Å². The maximum Gasteiger partial charge on any atom is 0.337 e. The number of aryl methyl sites for hydroxylation is 1. The summed E-state index contributed by atoms with van der Waals surface area (Å²) in [6, 6.07) is 7.61. The van der Waals surface area contributed by atoms with Crippen LogP contribution in [0.2, 0.25) is 0 Å². The Labute approximate surface area is 148 Å². The van der Waals surface area contributed by atoms with Crippen molar-refractivity contribution in [3.05, 3.63) is 85.7 Å². The molecule has 0 spiro atoms. The molecule has 2 aliphatic heterocycles. The zero-order chi connectivity index (χ0) is 18.4. The number of esters is 1. The average Bonchev–Trinajstić information content (AvgIpc) is 2.98. The van der Waals surface area contributed by atoms with Gasteiger partial charge in [-0.15, -0.1) is 6.58 Å². The van der Waals surface area contributed by atoms with Crippen molar-refractivity contribution >= 4 is 11.8 Å². The minimum atomic E-state index is -0.600. The van der Waals surface area contributed by atoms with E-state index in [9.17, 15) is 14.4 Å². The maximum atomic E-state index is 12.7. The van der Waals surface area contributed by atoms with Crippen molar-refractivity contribution in [3.63, 3.8) is 0 Å². The van der Waals surface area contributed by atoms with Crippen LogP contribution in [0.4, 0.5) is 5.82 Å². The van der Waals surface area contributed by atoms with E-state index in [-0.39, 0.29) is 13.2 Å². The van der Waals surface area contributed by atoms with Crippen molar-refractivity contribution in [1.82, 2.24) is 9.55 Å². The number of anilines is 1. The van der Waals surface area contributed by atoms with Gasteiger partial charge in [0.1, 0.15) is 12.4 Å². The lowest BCUT2D eigenvalue weighted by Crippen LogP contribution is -2.38. The fraction of sp³-hybridized carbons (Fsp3) is 0.211. The topological polar surface area (TPSA) is 93.2 Å². The number of benzene rings is 1. The van der Waals surface area contributed by atoms with Crippen molar-refractivity contribution in [2.45, 2.75) is 19.4 Å². The molecule has 1 aromatic heterocycles. The maximum absolute atomic E-state index is 12.7. The molecule has 7 heteroatoms. The summed E-state index contributed by atoms with van der Waals surface area (Å²) in [6.45, 7) is 5.92. The Morgan fingerprint density at radius 3 is 2.88 bits per heavy atom. The number of hydrogen-bond donors (Lipinski definition) is 2. The number of hydrogen-bond acceptors (Lipinski definition) is 5. The summed E-state index contributed by atoms with van der Waals surface area (Å²) in [5, 5.41) is 3.07. The third kappa shape index (κ3) is 2.32. The zero-order valence-electron chi connectivity index (χ0n) is 14.2. The predicted octanol–water partition coefficient (Wildman–Crippen LogP) is 1.40. The number of ether oxygens (including phenoxy) is 1. The molecular weight excluding hydrogens is 334 g/mol. The van der Waals surface area contributed by atoms with E-state index in [1.807, 2.05) is 31.2 Å². The van der Waals surface area contributed by atoms with Crippen LogP contribution < -0.4 is 16.6 Å². The molecule has 1 aromatic carbocycles.